The fraction of sp³-hybridized carbons (Fsp3) is 0.176. The molecule has 0 amide bonds. The van der Waals surface area contributed by atoms with Crippen LogP contribution >= 0.6 is 0 Å². The SMILES string of the molecule is CN(CCc1c(N)nc(N)[nH]c1=O)c1ccc2ccccc2c1. The molecule has 0 aliphatic carbocycles. The molecule has 0 fully saturated rings. The van der Waals surface area contributed by atoms with E-state index >= 15 is 0 Å². The molecule has 6 nitrogen and oxygen atoms in total. The normalized spacial score (nSPS) is 10.8. The highest BCUT2D eigenvalue weighted by molar-refractivity contribution is 5.85. The van der Waals surface area contributed by atoms with Gasteiger partial charge in [0.1, 0.15) is 5.82 Å². The Morgan fingerprint density at radius 2 is 1.87 bits per heavy atom. The van der Waals surface area contributed by atoms with E-state index in [9.17, 15) is 4.79 Å². The summed E-state index contributed by atoms with van der Waals surface area (Å²) in [5.41, 5.74) is 12.5. The topological polar surface area (TPSA) is 101 Å². The summed E-state index contributed by atoms with van der Waals surface area (Å²) >= 11 is 0. The monoisotopic (exact) mass is 309 g/mol. The van der Waals surface area contributed by atoms with E-state index < -0.39 is 0 Å². The first-order valence-electron chi connectivity index (χ1n) is 7.38. The first-order chi connectivity index (χ1) is 11.0. The standard InChI is InChI=1S/C17H19N5O/c1-22(9-8-14-15(18)20-17(19)21-16(14)23)13-7-6-11-4-2-3-5-12(11)10-13/h2-7,10H,8-9H2,1H3,(H5,18,19,20,21,23). The smallest absolute Gasteiger partial charge is 0.257 e. The average molecular weight is 309 g/mol. The number of nitrogens with two attached hydrogens (primary N) is 2. The van der Waals surface area contributed by atoms with Crippen LogP contribution in [-0.4, -0.2) is 23.6 Å². The molecule has 118 valence electrons. The molecular formula is C17H19N5O. The molecule has 0 unspecified atom stereocenters. The van der Waals surface area contributed by atoms with E-state index in [1.54, 1.807) is 0 Å². The zero-order chi connectivity index (χ0) is 16.4. The lowest BCUT2D eigenvalue weighted by Gasteiger charge is -2.20. The average Bonchev–Trinajstić information content (AvgIpc) is 2.53. The minimum atomic E-state index is -0.276. The second-order valence-corrected chi connectivity index (χ2v) is 5.52. The minimum Gasteiger partial charge on any atom is -0.383 e. The molecule has 0 saturated heterocycles. The third kappa shape index (κ3) is 3.11. The molecule has 3 aromatic rings. The van der Waals surface area contributed by atoms with Gasteiger partial charge in [-0.2, -0.15) is 4.98 Å². The molecule has 6 heteroatoms. The third-order valence-corrected chi connectivity index (χ3v) is 3.94. The van der Waals surface area contributed by atoms with E-state index in [0.717, 1.165) is 5.69 Å². The molecule has 0 bridgehead atoms. The van der Waals surface area contributed by atoms with Gasteiger partial charge in [0.05, 0.1) is 5.56 Å². The molecule has 0 aliphatic rings. The van der Waals surface area contributed by atoms with E-state index in [2.05, 4.69) is 45.2 Å². The van der Waals surface area contributed by atoms with Crippen molar-refractivity contribution in [1.82, 2.24) is 9.97 Å². The van der Waals surface area contributed by atoms with Crippen molar-refractivity contribution >= 4 is 28.2 Å². The summed E-state index contributed by atoms with van der Waals surface area (Å²) < 4.78 is 0. The second-order valence-electron chi connectivity index (χ2n) is 5.52. The first-order valence-corrected chi connectivity index (χ1v) is 7.38. The van der Waals surface area contributed by atoms with Gasteiger partial charge in [-0.15, -0.1) is 0 Å². The minimum absolute atomic E-state index is 0.0409. The van der Waals surface area contributed by atoms with Crippen molar-refractivity contribution in [3.63, 3.8) is 0 Å². The van der Waals surface area contributed by atoms with Gasteiger partial charge in [0.15, 0.2) is 0 Å². The Morgan fingerprint density at radius 1 is 1.13 bits per heavy atom. The molecule has 0 atom stereocenters. The van der Waals surface area contributed by atoms with Gasteiger partial charge < -0.3 is 16.4 Å². The highest BCUT2D eigenvalue weighted by Gasteiger charge is 2.10. The van der Waals surface area contributed by atoms with Crippen LogP contribution in [0.25, 0.3) is 10.8 Å². The van der Waals surface area contributed by atoms with Crippen molar-refractivity contribution in [2.45, 2.75) is 6.42 Å². The predicted molar refractivity (Wildman–Crippen MR) is 94.6 cm³/mol. The van der Waals surface area contributed by atoms with E-state index in [0.29, 0.717) is 18.5 Å². The van der Waals surface area contributed by atoms with Crippen LogP contribution in [0.2, 0.25) is 0 Å². The van der Waals surface area contributed by atoms with Crippen LogP contribution in [0.15, 0.2) is 47.3 Å². The molecular weight excluding hydrogens is 290 g/mol. The van der Waals surface area contributed by atoms with Gasteiger partial charge in [-0.25, -0.2) is 0 Å². The zero-order valence-electron chi connectivity index (χ0n) is 12.9. The fourth-order valence-electron chi connectivity index (χ4n) is 2.60. The number of aromatic amines is 1. The lowest BCUT2D eigenvalue weighted by Crippen LogP contribution is -2.25. The lowest BCUT2D eigenvalue weighted by atomic mass is 10.1. The number of nitrogens with one attached hydrogen (secondary N) is 1. The largest absolute Gasteiger partial charge is 0.383 e. The molecule has 0 spiro atoms. The maximum absolute atomic E-state index is 11.9. The van der Waals surface area contributed by atoms with Crippen molar-refractivity contribution in [1.29, 1.82) is 0 Å². The van der Waals surface area contributed by atoms with E-state index in [1.807, 2.05) is 19.2 Å². The van der Waals surface area contributed by atoms with Gasteiger partial charge in [0.2, 0.25) is 5.95 Å². The first kappa shape index (κ1) is 14.9. The Balaban J connectivity index is 1.78. The van der Waals surface area contributed by atoms with E-state index in [4.69, 9.17) is 11.5 Å². The van der Waals surface area contributed by atoms with Crippen molar-refractivity contribution < 1.29 is 0 Å². The molecule has 1 aromatic heterocycles. The predicted octanol–water partition coefficient (Wildman–Crippen LogP) is 1.77. The number of H-pyrrole nitrogens is 1. The van der Waals surface area contributed by atoms with Gasteiger partial charge in [-0.3, -0.25) is 9.78 Å². The van der Waals surface area contributed by atoms with Crippen LogP contribution in [0, 0.1) is 0 Å². The molecule has 2 aromatic carbocycles. The summed E-state index contributed by atoms with van der Waals surface area (Å²) in [7, 11) is 1.99. The molecule has 0 aliphatic heterocycles. The summed E-state index contributed by atoms with van der Waals surface area (Å²) in [6, 6.07) is 14.5. The van der Waals surface area contributed by atoms with E-state index in [-0.39, 0.29) is 17.3 Å². The number of hydrogen-bond donors (Lipinski definition) is 3. The fourth-order valence-corrected chi connectivity index (χ4v) is 2.60. The molecule has 1 heterocycles. The summed E-state index contributed by atoms with van der Waals surface area (Å²) in [6.07, 6.45) is 0.498. The molecule has 0 saturated carbocycles. The molecule has 0 radical (unpaired) electrons. The van der Waals surface area contributed by atoms with Crippen molar-refractivity contribution in [2.24, 2.45) is 0 Å². The van der Waals surface area contributed by atoms with Crippen molar-refractivity contribution in [3.05, 3.63) is 58.4 Å². The number of aromatic nitrogens is 2. The Hall–Kier alpha value is -3.02. The highest BCUT2D eigenvalue weighted by atomic mass is 16.1. The number of nitrogens with zero attached hydrogens (tertiary/aromatic N) is 2. The van der Waals surface area contributed by atoms with Crippen LogP contribution in [0.1, 0.15) is 5.56 Å². The number of nitrogen functional groups attached to an aromatic ring is 2. The maximum Gasteiger partial charge on any atom is 0.257 e. The summed E-state index contributed by atoms with van der Waals surface area (Å²) in [4.78, 5) is 20.4. The van der Waals surface area contributed by atoms with Crippen LogP contribution in [0.3, 0.4) is 0 Å². The summed E-state index contributed by atoms with van der Waals surface area (Å²) in [5, 5.41) is 2.39. The van der Waals surface area contributed by atoms with Crippen LogP contribution in [-0.2, 0) is 6.42 Å². The van der Waals surface area contributed by atoms with Gasteiger partial charge in [0.25, 0.3) is 5.56 Å². The van der Waals surface area contributed by atoms with Crippen LogP contribution in [0.4, 0.5) is 17.5 Å². The number of anilines is 3. The van der Waals surface area contributed by atoms with Gasteiger partial charge in [0, 0.05) is 19.3 Å². The Labute approximate surface area is 133 Å². The van der Waals surface area contributed by atoms with Gasteiger partial charge >= 0.3 is 0 Å². The van der Waals surface area contributed by atoms with Crippen LogP contribution < -0.4 is 21.9 Å². The van der Waals surface area contributed by atoms with Gasteiger partial charge in [-0.1, -0.05) is 30.3 Å². The lowest BCUT2D eigenvalue weighted by molar-refractivity contribution is 0.861. The van der Waals surface area contributed by atoms with Crippen molar-refractivity contribution in [3.8, 4) is 0 Å². The van der Waals surface area contributed by atoms with Crippen LogP contribution in [0.5, 0.6) is 0 Å². The molecule has 23 heavy (non-hydrogen) atoms. The highest BCUT2D eigenvalue weighted by Crippen LogP contribution is 2.21. The quantitative estimate of drug-likeness (QED) is 0.682. The Bertz CT molecular complexity index is 903. The number of hydrogen-bond acceptors (Lipinski definition) is 5. The maximum atomic E-state index is 11.9. The summed E-state index contributed by atoms with van der Waals surface area (Å²) in [6.45, 7) is 0.650. The van der Waals surface area contributed by atoms with Gasteiger partial charge in [-0.05, 0) is 29.3 Å². The number of benzene rings is 2. The van der Waals surface area contributed by atoms with Crippen molar-refractivity contribution in [2.75, 3.05) is 30.0 Å². The molecule has 3 rings (SSSR count). The van der Waals surface area contributed by atoms with E-state index in [1.165, 1.54) is 10.8 Å². The number of fused-ring (bicyclic) bond motifs is 1. The Morgan fingerprint density at radius 3 is 2.61 bits per heavy atom. The number of rotatable bonds is 4. The summed E-state index contributed by atoms with van der Waals surface area (Å²) in [5.74, 6) is 0.234. The Kier molecular flexibility index (Phi) is 3.89. The second kappa shape index (κ2) is 6.00. The number of likely N-dealkylation sites (N-methyl/N-ethyl adjacent to an activating group) is 1. The molecule has 5 N–H and O–H groups in total. The third-order valence-electron chi connectivity index (χ3n) is 3.94. The zero-order valence-corrected chi connectivity index (χ0v) is 12.9.